The lowest BCUT2D eigenvalue weighted by Crippen LogP contribution is -2.23. The van der Waals surface area contributed by atoms with Gasteiger partial charge in [0, 0.05) is 5.56 Å². The first-order valence-corrected chi connectivity index (χ1v) is 11.4. The van der Waals surface area contributed by atoms with Crippen LogP contribution >= 0.6 is 11.3 Å². The summed E-state index contributed by atoms with van der Waals surface area (Å²) in [6.07, 6.45) is 0. The zero-order chi connectivity index (χ0) is 23.4. The number of carbonyl (C=O) groups excluding carboxylic acids is 2. The Morgan fingerprint density at radius 2 is 1.67 bits per heavy atom. The fraction of sp³-hybridized carbons (Fsp3) is 0.192. The Bertz CT molecular complexity index is 1370. The Kier molecular flexibility index (Phi) is 6.70. The second-order valence-corrected chi connectivity index (χ2v) is 8.54. The molecule has 4 rings (SSSR count). The molecule has 0 radical (unpaired) electrons. The first-order chi connectivity index (χ1) is 15.9. The molecule has 1 amide bonds. The van der Waals surface area contributed by atoms with Crippen molar-refractivity contribution in [2.45, 2.75) is 27.3 Å². The van der Waals surface area contributed by atoms with Crippen LogP contribution in [0.3, 0.4) is 0 Å². The van der Waals surface area contributed by atoms with Gasteiger partial charge in [0.1, 0.15) is 18.0 Å². The maximum absolute atomic E-state index is 12.9. The first-order valence-electron chi connectivity index (χ1n) is 10.6. The number of esters is 1. The molecule has 0 N–H and O–H groups in total. The van der Waals surface area contributed by atoms with E-state index in [9.17, 15) is 9.59 Å². The SMILES string of the molecule is CCOC(=O)Cn1c(=NC(=O)c2ccc(Oc3ccccc3)cc2)sc2c(C)cc(C)cc21. The molecule has 33 heavy (non-hydrogen) atoms. The van der Waals surface area contributed by atoms with E-state index in [0.29, 0.717) is 22.7 Å². The molecule has 0 aliphatic carbocycles. The number of nitrogens with zero attached hydrogens (tertiary/aromatic N) is 2. The Morgan fingerprint density at radius 1 is 0.970 bits per heavy atom. The number of para-hydroxylation sites is 1. The fourth-order valence-corrected chi connectivity index (χ4v) is 4.61. The minimum atomic E-state index is -0.389. The quantitative estimate of drug-likeness (QED) is 0.361. The van der Waals surface area contributed by atoms with E-state index in [1.165, 1.54) is 11.3 Å². The lowest BCUT2D eigenvalue weighted by atomic mass is 10.1. The third kappa shape index (κ3) is 5.21. The number of amides is 1. The molecule has 0 spiro atoms. The highest BCUT2D eigenvalue weighted by atomic mass is 32.1. The molecule has 4 aromatic rings. The minimum Gasteiger partial charge on any atom is -0.465 e. The molecule has 1 heterocycles. The van der Waals surface area contributed by atoms with Crippen molar-refractivity contribution >= 4 is 33.4 Å². The molecule has 0 bridgehead atoms. The maximum Gasteiger partial charge on any atom is 0.326 e. The van der Waals surface area contributed by atoms with Gasteiger partial charge in [-0.05, 0) is 74.4 Å². The molecule has 0 aliphatic heterocycles. The number of rotatable bonds is 6. The molecule has 6 nitrogen and oxygen atoms in total. The molecular formula is C26H24N2O4S. The van der Waals surface area contributed by atoms with Crippen molar-refractivity contribution in [3.8, 4) is 11.5 Å². The number of carbonyl (C=O) groups is 2. The van der Waals surface area contributed by atoms with Gasteiger partial charge in [0.15, 0.2) is 4.80 Å². The van der Waals surface area contributed by atoms with Gasteiger partial charge >= 0.3 is 5.97 Å². The molecule has 3 aromatic carbocycles. The van der Waals surface area contributed by atoms with E-state index < -0.39 is 0 Å². The summed E-state index contributed by atoms with van der Waals surface area (Å²) >= 11 is 1.39. The average Bonchev–Trinajstić information content (AvgIpc) is 3.12. The van der Waals surface area contributed by atoms with Gasteiger partial charge in [-0.25, -0.2) is 0 Å². The van der Waals surface area contributed by atoms with Crippen LogP contribution < -0.4 is 9.54 Å². The van der Waals surface area contributed by atoms with Gasteiger partial charge in [-0.1, -0.05) is 35.6 Å². The van der Waals surface area contributed by atoms with Crippen LogP contribution in [0.25, 0.3) is 10.2 Å². The van der Waals surface area contributed by atoms with E-state index in [1.54, 1.807) is 35.8 Å². The van der Waals surface area contributed by atoms with Crippen LogP contribution in [0.15, 0.2) is 71.7 Å². The number of hydrogen-bond donors (Lipinski definition) is 0. The van der Waals surface area contributed by atoms with Crippen molar-refractivity contribution < 1.29 is 19.1 Å². The topological polar surface area (TPSA) is 69.9 Å². The second kappa shape index (κ2) is 9.83. The molecule has 0 atom stereocenters. The van der Waals surface area contributed by atoms with Crippen LogP contribution in [-0.4, -0.2) is 23.1 Å². The third-order valence-corrected chi connectivity index (χ3v) is 6.21. The average molecular weight is 461 g/mol. The van der Waals surface area contributed by atoms with Crippen molar-refractivity contribution in [1.82, 2.24) is 4.57 Å². The fourth-order valence-electron chi connectivity index (χ4n) is 3.53. The molecule has 0 saturated carbocycles. The number of aryl methyl sites for hydroxylation is 2. The summed E-state index contributed by atoms with van der Waals surface area (Å²) < 4.78 is 13.7. The van der Waals surface area contributed by atoms with Crippen molar-refractivity contribution in [3.05, 3.63) is 88.2 Å². The number of benzene rings is 3. The van der Waals surface area contributed by atoms with Gasteiger partial charge in [0.05, 0.1) is 16.8 Å². The van der Waals surface area contributed by atoms with E-state index >= 15 is 0 Å². The van der Waals surface area contributed by atoms with Gasteiger partial charge in [-0.2, -0.15) is 4.99 Å². The standard InChI is InChI=1S/C26H24N2O4S/c1-4-31-23(29)16-28-22-15-17(2)14-18(3)24(22)33-26(28)27-25(30)19-10-12-21(13-11-19)32-20-8-6-5-7-9-20/h5-15H,4,16H2,1-3H3. The third-order valence-electron chi connectivity index (χ3n) is 4.98. The number of fused-ring (bicyclic) bond motifs is 1. The smallest absolute Gasteiger partial charge is 0.326 e. The minimum absolute atomic E-state index is 0.00724. The summed E-state index contributed by atoms with van der Waals surface area (Å²) in [5.74, 6) is 0.591. The van der Waals surface area contributed by atoms with Gasteiger partial charge in [-0.15, -0.1) is 0 Å². The van der Waals surface area contributed by atoms with E-state index in [1.807, 2.05) is 50.2 Å². The largest absolute Gasteiger partial charge is 0.465 e. The normalized spacial score (nSPS) is 11.5. The molecule has 0 saturated heterocycles. The lowest BCUT2D eigenvalue weighted by Gasteiger charge is -2.07. The number of ether oxygens (including phenoxy) is 2. The van der Waals surface area contributed by atoms with E-state index in [-0.39, 0.29) is 18.4 Å². The van der Waals surface area contributed by atoms with E-state index in [4.69, 9.17) is 9.47 Å². The monoisotopic (exact) mass is 460 g/mol. The zero-order valence-corrected chi connectivity index (χ0v) is 19.5. The first kappa shape index (κ1) is 22.5. The number of aromatic nitrogens is 1. The van der Waals surface area contributed by atoms with Gasteiger partial charge in [-0.3, -0.25) is 9.59 Å². The Balaban J connectivity index is 1.68. The van der Waals surface area contributed by atoms with Gasteiger partial charge in [0.25, 0.3) is 5.91 Å². The predicted molar refractivity (Wildman–Crippen MR) is 129 cm³/mol. The number of hydrogen-bond acceptors (Lipinski definition) is 5. The van der Waals surface area contributed by atoms with Crippen LogP contribution in [0.5, 0.6) is 11.5 Å². The highest BCUT2D eigenvalue weighted by molar-refractivity contribution is 7.16. The van der Waals surface area contributed by atoms with E-state index in [2.05, 4.69) is 11.1 Å². The van der Waals surface area contributed by atoms with Gasteiger partial charge < -0.3 is 14.0 Å². The molecule has 1 aromatic heterocycles. The Hall–Kier alpha value is -3.71. The molecule has 7 heteroatoms. The Morgan fingerprint density at radius 3 is 2.36 bits per heavy atom. The van der Waals surface area contributed by atoms with Crippen LogP contribution in [0.1, 0.15) is 28.4 Å². The summed E-state index contributed by atoms with van der Waals surface area (Å²) in [4.78, 5) is 30.0. The Labute approximate surface area is 195 Å². The zero-order valence-electron chi connectivity index (χ0n) is 18.7. The van der Waals surface area contributed by atoms with Crippen molar-refractivity contribution in [1.29, 1.82) is 0 Å². The van der Waals surface area contributed by atoms with Crippen LogP contribution in [0, 0.1) is 13.8 Å². The van der Waals surface area contributed by atoms with Crippen molar-refractivity contribution in [3.63, 3.8) is 0 Å². The number of thiazole rings is 1. The van der Waals surface area contributed by atoms with Gasteiger partial charge in [0.2, 0.25) is 0 Å². The van der Waals surface area contributed by atoms with Crippen molar-refractivity contribution in [2.75, 3.05) is 6.61 Å². The lowest BCUT2D eigenvalue weighted by molar-refractivity contribution is -0.143. The summed E-state index contributed by atoms with van der Waals surface area (Å²) in [5, 5.41) is 0. The molecule has 0 aliphatic rings. The second-order valence-electron chi connectivity index (χ2n) is 7.56. The molecule has 168 valence electrons. The summed E-state index contributed by atoms with van der Waals surface area (Å²) in [5.41, 5.74) is 3.44. The van der Waals surface area contributed by atoms with Crippen LogP contribution in [0.2, 0.25) is 0 Å². The highest BCUT2D eigenvalue weighted by Gasteiger charge is 2.15. The maximum atomic E-state index is 12.9. The molecular weight excluding hydrogens is 436 g/mol. The summed E-state index contributed by atoms with van der Waals surface area (Å²) in [6.45, 7) is 6.06. The van der Waals surface area contributed by atoms with Crippen LogP contribution in [-0.2, 0) is 16.1 Å². The molecule has 0 fully saturated rings. The molecule has 0 unspecified atom stereocenters. The highest BCUT2D eigenvalue weighted by Crippen LogP contribution is 2.24. The van der Waals surface area contributed by atoms with Crippen LogP contribution in [0.4, 0.5) is 0 Å². The summed E-state index contributed by atoms with van der Waals surface area (Å²) in [7, 11) is 0. The van der Waals surface area contributed by atoms with Crippen molar-refractivity contribution in [2.24, 2.45) is 4.99 Å². The van der Waals surface area contributed by atoms with E-state index in [0.717, 1.165) is 27.1 Å². The summed E-state index contributed by atoms with van der Waals surface area (Å²) in [6, 6.07) is 20.3. The predicted octanol–water partition coefficient (Wildman–Crippen LogP) is 5.42.